The van der Waals surface area contributed by atoms with E-state index in [2.05, 4.69) is 13.8 Å². The van der Waals surface area contributed by atoms with Crippen molar-refractivity contribution in [2.45, 2.75) is 77.7 Å². The zero-order valence-electron chi connectivity index (χ0n) is 12.4. The van der Waals surface area contributed by atoms with Crippen molar-refractivity contribution in [3.63, 3.8) is 0 Å². The smallest absolute Gasteiger partial charge is 0.156 e. The van der Waals surface area contributed by atoms with Crippen molar-refractivity contribution in [3.8, 4) is 0 Å². The summed E-state index contributed by atoms with van der Waals surface area (Å²) >= 11 is 0. The van der Waals surface area contributed by atoms with Gasteiger partial charge in [0.25, 0.3) is 0 Å². The molecule has 0 aliphatic heterocycles. The van der Waals surface area contributed by atoms with Crippen molar-refractivity contribution >= 4 is 9.84 Å². The lowest BCUT2D eigenvalue weighted by molar-refractivity contribution is 0.465. The molecule has 0 heterocycles. The Morgan fingerprint density at radius 1 is 0.765 bits per heavy atom. The van der Waals surface area contributed by atoms with E-state index in [9.17, 15) is 8.42 Å². The van der Waals surface area contributed by atoms with Crippen LogP contribution in [0, 0.1) is 11.8 Å². The van der Waals surface area contributed by atoms with Crippen LogP contribution >= 0.6 is 0 Å². The lowest BCUT2D eigenvalue weighted by Gasteiger charge is -2.29. The van der Waals surface area contributed by atoms with E-state index in [-0.39, 0.29) is 22.3 Å². The van der Waals surface area contributed by atoms with Crippen LogP contribution in [0.3, 0.4) is 0 Å². The van der Waals surface area contributed by atoms with Gasteiger partial charge >= 0.3 is 0 Å². The first kappa shape index (κ1) is 16.9. The third-order valence-electron chi connectivity index (χ3n) is 3.48. The highest BCUT2D eigenvalue weighted by Crippen LogP contribution is 2.28. The zero-order chi connectivity index (χ0) is 13.6. The van der Waals surface area contributed by atoms with Crippen molar-refractivity contribution < 1.29 is 8.42 Å². The third kappa shape index (κ3) is 4.61. The van der Waals surface area contributed by atoms with Crippen LogP contribution in [0.1, 0.15) is 67.2 Å². The first-order chi connectivity index (χ1) is 7.78. The van der Waals surface area contributed by atoms with Crippen molar-refractivity contribution in [2.24, 2.45) is 11.8 Å². The van der Waals surface area contributed by atoms with Crippen molar-refractivity contribution in [1.82, 2.24) is 0 Å². The number of rotatable bonds is 8. The van der Waals surface area contributed by atoms with E-state index in [4.69, 9.17) is 0 Å². The lowest BCUT2D eigenvalue weighted by atomic mass is 10.1. The summed E-state index contributed by atoms with van der Waals surface area (Å²) < 4.78 is 25.4. The minimum atomic E-state index is -2.99. The van der Waals surface area contributed by atoms with Crippen molar-refractivity contribution in [1.29, 1.82) is 0 Å². The molecule has 2 unspecified atom stereocenters. The summed E-state index contributed by atoms with van der Waals surface area (Å²) in [5.74, 6) is 0.441. The van der Waals surface area contributed by atoms with Gasteiger partial charge < -0.3 is 0 Å². The third-order valence-corrected chi connectivity index (χ3v) is 6.73. The first-order valence-electron chi connectivity index (χ1n) is 7.01. The molecule has 2 atom stereocenters. The summed E-state index contributed by atoms with van der Waals surface area (Å²) in [6, 6.07) is 0. The van der Waals surface area contributed by atoms with Crippen molar-refractivity contribution in [3.05, 3.63) is 0 Å². The van der Waals surface area contributed by atoms with Crippen LogP contribution in [0.15, 0.2) is 0 Å². The van der Waals surface area contributed by atoms with Gasteiger partial charge in [-0.3, -0.25) is 0 Å². The average Bonchev–Trinajstić information content (AvgIpc) is 2.20. The fraction of sp³-hybridized carbons (Fsp3) is 1.00. The quantitative estimate of drug-likeness (QED) is 0.661. The van der Waals surface area contributed by atoms with Crippen LogP contribution in [-0.2, 0) is 9.84 Å². The SMILES string of the molecule is CCCC(C(C)C)S(=O)(=O)C(CCC)C(C)C. The van der Waals surface area contributed by atoms with E-state index in [1.54, 1.807) is 0 Å². The van der Waals surface area contributed by atoms with Crippen LogP contribution < -0.4 is 0 Å². The molecule has 3 heteroatoms. The summed E-state index contributed by atoms with van der Waals surface area (Å²) in [6.07, 6.45) is 3.48. The zero-order valence-corrected chi connectivity index (χ0v) is 13.2. The molecule has 104 valence electrons. The Kier molecular flexibility index (Phi) is 7.38. The molecular formula is C14H30O2S. The number of hydrogen-bond donors (Lipinski definition) is 0. The molecule has 17 heavy (non-hydrogen) atoms. The summed E-state index contributed by atoms with van der Waals surface area (Å²) in [4.78, 5) is 0. The molecule has 0 bridgehead atoms. The Hall–Kier alpha value is -0.0500. The molecule has 0 aliphatic carbocycles. The van der Waals surface area contributed by atoms with Gasteiger partial charge in [0, 0.05) is 0 Å². The molecule has 0 aromatic heterocycles. The second-order valence-electron chi connectivity index (χ2n) is 5.73. The van der Waals surface area contributed by atoms with E-state index in [1.165, 1.54) is 0 Å². The van der Waals surface area contributed by atoms with Crippen LogP contribution in [0.4, 0.5) is 0 Å². The standard InChI is InChI=1S/C14H30O2S/c1-7-9-13(11(3)4)17(15,16)14(10-8-2)12(5)6/h11-14H,7-10H2,1-6H3. The van der Waals surface area contributed by atoms with Crippen LogP contribution in [0.2, 0.25) is 0 Å². The Morgan fingerprint density at radius 2 is 1.06 bits per heavy atom. The van der Waals surface area contributed by atoms with E-state index in [0.29, 0.717) is 0 Å². The van der Waals surface area contributed by atoms with E-state index in [0.717, 1.165) is 25.7 Å². The van der Waals surface area contributed by atoms with Gasteiger partial charge in [0.15, 0.2) is 9.84 Å². The molecule has 0 saturated heterocycles. The Labute approximate surface area is 108 Å². The maximum Gasteiger partial charge on any atom is 0.156 e. The van der Waals surface area contributed by atoms with Gasteiger partial charge in [-0.25, -0.2) is 8.42 Å². The van der Waals surface area contributed by atoms with E-state index < -0.39 is 9.84 Å². The summed E-state index contributed by atoms with van der Waals surface area (Å²) in [5.41, 5.74) is 0. The van der Waals surface area contributed by atoms with Crippen molar-refractivity contribution in [2.75, 3.05) is 0 Å². The second kappa shape index (κ2) is 7.40. The molecule has 0 aromatic carbocycles. The Morgan fingerprint density at radius 3 is 1.24 bits per heavy atom. The monoisotopic (exact) mass is 262 g/mol. The fourth-order valence-corrected chi connectivity index (χ4v) is 5.64. The molecular weight excluding hydrogens is 232 g/mol. The number of sulfone groups is 1. The largest absolute Gasteiger partial charge is 0.228 e. The van der Waals surface area contributed by atoms with Crippen LogP contribution in [0.5, 0.6) is 0 Å². The molecule has 0 rings (SSSR count). The summed E-state index contributed by atoms with van der Waals surface area (Å²) in [6.45, 7) is 12.2. The van der Waals surface area contributed by atoms with E-state index in [1.807, 2.05) is 27.7 Å². The van der Waals surface area contributed by atoms with Crippen LogP contribution in [0.25, 0.3) is 0 Å². The highest BCUT2D eigenvalue weighted by atomic mass is 32.2. The van der Waals surface area contributed by atoms with E-state index >= 15 is 0 Å². The molecule has 0 fully saturated rings. The lowest BCUT2D eigenvalue weighted by Crippen LogP contribution is -2.38. The first-order valence-corrected chi connectivity index (χ1v) is 8.62. The van der Waals surface area contributed by atoms with Gasteiger partial charge in [-0.15, -0.1) is 0 Å². The van der Waals surface area contributed by atoms with Crippen LogP contribution in [-0.4, -0.2) is 18.9 Å². The van der Waals surface area contributed by atoms with Gasteiger partial charge in [-0.2, -0.15) is 0 Å². The highest BCUT2D eigenvalue weighted by Gasteiger charge is 2.36. The molecule has 0 aromatic rings. The minimum Gasteiger partial charge on any atom is -0.228 e. The molecule has 0 saturated carbocycles. The fourth-order valence-electron chi connectivity index (χ4n) is 2.55. The second-order valence-corrected chi connectivity index (χ2v) is 8.12. The molecule has 0 aliphatic rings. The Bertz CT molecular complexity index is 267. The summed E-state index contributed by atoms with van der Waals surface area (Å²) in [5, 5.41) is -0.321. The van der Waals surface area contributed by atoms with Gasteiger partial charge in [0.2, 0.25) is 0 Å². The van der Waals surface area contributed by atoms with Gasteiger partial charge in [0.1, 0.15) is 0 Å². The maximum atomic E-state index is 12.7. The predicted octanol–water partition coefficient (Wildman–Crippen LogP) is 4.05. The average molecular weight is 262 g/mol. The Balaban J connectivity index is 5.15. The maximum absolute atomic E-state index is 12.7. The molecule has 2 nitrogen and oxygen atoms in total. The molecule has 0 N–H and O–H groups in total. The molecule has 0 amide bonds. The van der Waals surface area contributed by atoms with Gasteiger partial charge in [-0.05, 0) is 24.7 Å². The van der Waals surface area contributed by atoms with Gasteiger partial charge in [-0.1, -0.05) is 54.4 Å². The topological polar surface area (TPSA) is 34.1 Å². The summed E-state index contributed by atoms with van der Waals surface area (Å²) in [7, 11) is -2.99. The molecule has 0 spiro atoms. The van der Waals surface area contributed by atoms with Gasteiger partial charge in [0.05, 0.1) is 10.5 Å². The molecule has 0 radical (unpaired) electrons. The minimum absolute atomic E-state index is 0.161. The number of hydrogen-bond acceptors (Lipinski definition) is 2. The highest BCUT2D eigenvalue weighted by molar-refractivity contribution is 7.92. The normalized spacial score (nSPS) is 16.5. The predicted molar refractivity (Wildman–Crippen MR) is 76.0 cm³/mol.